The zero-order valence-electron chi connectivity index (χ0n) is 13.3. The number of halogens is 2. The molecule has 3 rings (SSSR count). The van der Waals surface area contributed by atoms with Crippen LogP contribution in [0.1, 0.15) is 19.8 Å². The molecule has 24 heavy (non-hydrogen) atoms. The molecule has 1 fully saturated rings. The highest BCUT2D eigenvalue weighted by molar-refractivity contribution is 5.98. The number of benzene rings is 1. The molecule has 2 aliphatic heterocycles. The van der Waals surface area contributed by atoms with E-state index < -0.39 is 12.0 Å². The number of likely N-dealkylation sites (N-methyl/N-ethyl adjacent to an activating group) is 1. The molecule has 2 aliphatic rings. The Morgan fingerprint density at radius 2 is 2.04 bits per heavy atom. The van der Waals surface area contributed by atoms with Crippen molar-refractivity contribution in [2.24, 2.45) is 0 Å². The van der Waals surface area contributed by atoms with Crippen LogP contribution in [0.2, 0.25) is 0 Å². The average molecular weight is 339 g/mol. The van der Waals surface area contributed by atoms with Crippen LogP contribution in [0.15, 0.2) is 18.2 Å². The van der Waals surface area contributed by atoms with E-state index in [1.165, 1.54) is 4.90 Å². The number of carbonyl (C=O) groups is 2. The summed E-state index contributed by atoms with van der Waals surface area (Å²) in [4.78, 5) is 26.9. The van der Waals surface area contributed by atoms with Gasteiger partial charge in [-0.15, -0.1) is 0 Å². The highest BCUT2D eigenvalue weighted by atomic mass is 19.3. The molecule has 1 aromatic carbocycles. The number of alkyl halides is 2. The third-order valence-electron chi connectivity index (χ3n) is 4.25. The van der Waals surface area contributed by atoms with Crippen LogP contribution in [-0.4, -0.2) is 49.0 Å². The van der Waals surface area contributed by atoms with Gasteiger partial charge in [0.1, 0.15) is 5.75 Å². The number of nitrogens with zero attached hydrogens (tertiary/aromatic N) is 2. The fourth-order valence-corrected chi connectivity index (χ4v) is 2.87. The van der Waals surface area contributed by atoms with Gasteiger partial charge in [-0.2, -0.15) is 0 Å². The van der Waals surface area contributed by atoms with Crippen LogP contribution in [0, 0.1) is 0 Å². The molecule has 6 nitrogen and oxygen atoms in total. The topological polar surface area (TPSA) is 61.9 Å². The molecule has 130 valence electrons. The number of piperidine rings is 1. The Bertz CT molecular complexity index is 656. The van der Waals surface area contributed by atoms with Gasteiger partial charge >= 0.3 is 6.03 Å². The normalized spacial score (nSPS) is 19.5. The van der Waals surface area contributed by atoms with Gasteiger partial charge in [-0.25, -0.2) is 13.6 Å². The number of fused-ring (bicyclic) bond motifs is 1. The van der Waals surface area contributed by atoms with Gasteiger partial charge in [-0.1, -0.05) is 0 Å². The number of urea groups is 1. The molecule has 0 bridgehead atoms. The van der Waals surface area contributed by atoms with E-state index in [2.05, 4.69) is 5.32 Å². The maximum atomic E-state index is 13.2. The zero-order chi connectivity index (χ0) is 17.3. The van der Waals surface area contributed by atoms with E-state index in [9.17, 15) is 18.4 Å². The van der Waals surface area contributed by atoms with Crippen LogP contribution in [0.3, 0.4) is 0 Å². The summed E-state index contributed by atoms with van der Waals surface area (Å²) in [7, 11) is 0. The monoisotopic (exact) mass is 339 g/mol. The molecular weight excluding hydrogens is 320 g/mol. The highest BCUT2D eigenvalue weighted by Gasteiger charge is 2.35. The van der Waals surface area contributed by atoms with Gasteiger partial charge in [0, 0.05) is 44.2 Å². The number of anilines is 2. The van der Waals surface area contributed by atoms with Crippen molar-refractivity contribution in [1.82, 2.24) is 4.90 Å². The molecule has 2 heterocycles. The van der Waals surface area contributed by atoms with Crippen molar-refractivity contribution in [1.29, 1.82) is 0 Å². The van der Waals surface area contributed by atoms with Crippen molar-refractivity contribution in [2.45, 2.75) is 25.7 Å². The van der Waals surface area contributed by atoms with Gasteiger partial charge in [0.05, 0.1) is 5.69 Å². The molecular formula is C16H19F2N3O3. The number of rotatable bonds is 2. The third kappa shape index (κ3) is 3.27. The smallest absolute Gasteiger partial charge is 0.321 e. The van der Waals surface area contributed by atoms with Crippen molar-refractivity contribution < 1.29 is 23.1 Å². The quantitative estimate of drug-likeness (QED) is 0.901. The molecule has 8 heteroatoms. The second kappa shape index (κ2) is 6.26. The summed E-state index contributed by atoms with van der Waals surface area (Å²) >= 11 is 0. The van der Waals surface area contributed by atoms with Gasteiger partial charge in [-0.3, -0.25) is 4.79 Å². The summed E-state index contributed by atoms with van der Waals surface area (Å²) in [6.07, 6.45) is -0.636. The Labute approximate surface area is 138 Å². The van der Waals surface area contributed by atoms with Crippen LogP contribution in [0.4, 0.5) is 25.0 Å². The average Bonchev–Trinajstić information content (AvgIpc) is 2.54. The van der Waals surface area contributed by atoms with E-state index in [4.69, 9.17) is 4.74 Å². The maximum absolute atomic E-state index is 13.2. The van der Waals surface area contributed by atoms with Crippen molar-refractivity contribution >= 4 is 23.3 Å². The lowest BCUT2D eigenvalue weighted by Crippen LogP contribution is -2.44. The summed E-state index contributed by atoms with van der Waals surface area (Å²) in [5, 5.41) is 2.69. The maximum Gasteiger partial charge on any atom is 0.321 e. The summed E-state index contributed by atoms with van der Waals surface area (Å²) in [5.74, 6) is -2.29. The van der Waals surface area contributed by atoms with Crippen LogP contribution in [0.25, 0.3) is 0 Å². The fourth-order valence-electron chi connectivity index (χ4n) is 2.87. The molecule has 1 saturated heterocycles. The van der Waals surface area contributed by atoms with E-state index in [0.29, 0.717) is 23.7 Å². The first-order valence-corrected chi connectivity index (χ1v) is 7.90. The van der Waals surface area contributed by atoms with Crippen LogP contribution in [-0.2, 0) is 4.79 Å². The Morgan fingerprint density at radius 3 is 2.71 bits per heavy atom. The van der Waals surface area contributed by atoms with Crippen LogP contribution >= 0.6 is 0 Å². The molecule has 0 atom stereocenters. The fraction of sp³-hybridized carbons (Fsp3) is 0.500. The molecule has 0 spiro atoms. The van der Waals surface area contributed by atoms with Gasteiger partial charge in [-0.05, 0) is 19.1 Å². The SMILES string of the molecule is CCN1C(=O)COc2cc(NC(=O)N3CCC(F)(F)CC3)ccc21. The number of nitrogens with one attached hydrogen (secondary N) is 1. The second-order valence-corrected chi connectivity index (χ2v) is 5.88. The predicted octanol–water partition coefficient (Wildman–Crippen LogP) is 2.69. The number of hydrogen-bond donors (Lipinski definition) is 1. The molecule has 0 unspecified atom stereocenters. The van der Waals surface area contributed by atoms with Gasteiger partial charge < -0.3 is 19.9 Å². The number of hydrogen-bond acceptors (Lipinski definition) is 3. The number of likely N-dealkylation sites (tertiary alicyclic amines) is 1. The minimum Gasteiger partial charge on any atom is -0.481 e. The van der Waals surface area contributed by atoms with Crippen LogP contribution in [0.5, 0.6) is 5.75 Å². The minimum absolute atomic E-state index is 0.0262. The molecule has 1 aromatic rings. The first kappa shape index (κ1) is 16.5. The summed E-state index contributed by atoms with van der Waals surface area (Å²) in [6.45, 7) is 2.41. The Balaban J connectivity index is 1.68. The highest BCUT2D eigenvalue weighted by Crippen LogP contribution is 2.34. The van der Waals surface area contributed by atoms with E-state index in [-0.39, 0.29) is 38.4 Å². The first-order valence-electron chi connectivity index (χ1n) is 7.90. The van der Waals surface area contributed by atoms with Crippen LogP contribution < -0.4 is 15.0 Å². The van der Waals surface area contributed by atoms with Crippen molar-refractivity contribution in [3.8, 4) is 5.75 Å². The van der Waals surface area contributed by atoms with E-state index in [1.54, 1.807) is 23.1 Å². The number of amides is 3. The van der Waals surface area contributed by atoms with E-state index >= 15 is 0 Å². The van der Waals surface area contributed by atoms with E-state index in [0.717, 1.165) is 0 Å². The Hall–Kier alpha value is -2.38. The second-order valence-electron chi connectivity index (χ2n) is 5.88. The molecule has 0 radical (unpaired) electrons. The summed E-state index contributed by atoms with van der Waals surface area (Å²) in [5.41, 5.74) is 1.16. The standard InChI is InChI=1S/C16H19F2N3O3/c1-2-21-12-4-3-11(9-13(12)24-10-14(21)22)19-15(23)20-7-5-16(17,18)6-8-20/h3-4,9H,2,5-8,10H2,1H3,(H,19,23). The van der Waals surface area contributed by atoms with Crippen molar-refractivity contribution in [2.75, 3.05) is 36.5 Å². The largest absolute Gasteiger partial charge is 0.481 e. The summed E-state index contributed by atoms with van der Waals surface area (Å²) in [6, 6.07) is 4.60. The summed E-state index contributed by atoms with van der Waals surface area (Å²) < 4.78 is 31.7. The lowest BCUT2D eigenvalue weighted by atomic mass is 10.1. The van der Waals surface area contributed by atoms with Gasteiger partial charge in [0.15, 0.2) is 6.61 Å². The lowest BCUT2D eigenvalue weighted by Gasteiger charge is -2.32. The first-order chi connectivity index (χ1) is 11.4. The van der Waals surface area contributed by atoms with Crippen molar-refractivity contribution in [3.05, 3.63) is 18.2 Å². The minimum atomic E-state index is -2.69. The predicted molar refractivity (Wildman–Crippen MR) is 84.7 cm³/mol. The molecule has 0 aliphatic carbocycles. The lowest BCUT2D eigenvalue weighted by molar-refractivity contribution is -0.121. The Kier molecular flexibility index (Phi) is 4.29. The molecule has 3 amide bonds. The van der Waals surface area contributed by atoms with E-state index in [1.807, 2.05) is 6.92 Å². The molecule has 1 N–H and O–H groups in total. The molecule has 0 saturated carbocycles. The number of carbonyl (C=O) groups excluding carboxylic acids is 2. The van der Waals surface area contributed by atoms with Crippen molar-refractivity contribution in [3.63, 3.8) is 0 Å². The zero-order valence-corrected chi connectivity index (χ0v) is 13.3. The van der Waals surface area contributed by atoms with Gasteiger partial charge in [0.25, 0.3) is 11.8 Å². The number of ether oxygens (including phenoxy) is 1. The van der Waals surface area contributed by atoms with Gasteiger partial charge in [0.2, 0.25) is 0 Å². The third-order valence-corrected chi connectivity index (χ3v) is 4.25. The Morgan fingerprint density at radius 1 is 1.33 bits per heavy atom. The molecule has 0 aromatic heterocycles.